The average molecular weight is 303 g/mol. The molecule has 1 aromatic carbocycles. The van der Waals surface area contributed by atoms with E-state index in [0.29, 0.717) is 17.2 Å². The van der Waals surface area contributed by atoms with Crippen LogP contribution in [0, 0.1) is 23.7 Å². The molecule has 2 N–H and O–H groups in total. The van der Waals surface area contributed by atoms with Crippen LogP contribution in [0.4, 0.5) is 5.69 Å². The summed E-state index contributed by atoms with van der Waals surface area (Å²) in [6.45, 7) is 0.181. The highest BCUT2D eigenvalue weighted by Gasteiger charge is 2.53. The Morgan fingerprint density at radius 3 is 2.59 bits per heavy atom. The SMILES string of the molecule is O=C(O)[C@H]1[C@@H]2CC[C@@H](C2)[C@@H]1C(=O)Nc1ccc2c(c1)OCO2. The van der Waals surface area contributed by atoms with E-state index in [4.69, 9.17) is 9.47 Å². The lowest BCUT2D eigenvalue weighted by molar-refractivity contribution is -0.148. The van der Waals surface area contributed by atoms with Gasteiger partial charge in [-0.15, -0.1) is 0 Å². The van der Waals surface area contributed by atoms with E-state index in [1.54, 1.807) is 18.2 Å². The predicted octanol–water partition coefficient (Wildman–Crippen LogP) is 2.10. The number of hydrogen-bond acceptors (Lipinski definition) is 4. The van der Waals surface area contributed by atoms with E-state index in [1.807, 2.05) is 0 Å². The summed E-state index contributed by atoms with van der Waals surface area (Å²) < 4.78 is 10.5. The fourth-order valence-corrected chi connectivity index (χ4v) is 4.22. The molecule has 0 aromatic heterocycles. The number of carbonyl (C=O) groups excluding carboxylic acids is 1. The van der Waals surface area contributed by atoms with Crippen molar-refractivity contribution in [2.24, 2.45) is 23.7 Å². The second-order valence-electron chi connectivity index (χ2n) is 6.28. The molecule has 2 bridgehead atoms. The Balaban J connectivity index is 1.53. The molecule has 3 aliphatic rings. The Labute approximate surface area is 127 Å². The zero-order chi connectivity index (χ0) is 15.3. The molecule has 6 nitrogen and oxygen atoms in total. The summed E-state index contributed by atoms with van der Waals surface area (Å²) in [5, 5.41) is 12.3. The Morgan fingerprint density at radius 1 is 1.09 bits per heavy atom. The van der Waals surface area contributed by atoms with E-state index in [9.17, 15) is 14.7 Å². The average Bonchev–Trinajstić information content (AvgIpc) is 3.20. The minimum Gasteiger partial charge on any atom is -0.481 e. The molecule has 1 aromatic rings. The van der Waals surface area contributed by atoms with Gasteiger partial charge in [0.2, 0.25) is 12.7 Å². The van der Waals surface area contributed by atoms with Crippen molar-refractivity contribution in [3.05, 3.63) is 18.2 Å². The van der Waals surface area contributed by atoms with Gasteiger partial charge in [-0.05, 0) is 43.2 Å². The minimum absolute atomic E-state index is 0.148. The van der Waals surface area contributed by atoms with Crippen molar-refractivity contribution in [2.75, 3.05) is 12.1 Å². The smallest absolute Gasteiger partial charge is 0.307 e. The molecule has 2 fully saturated rings. The van der Waals surface area contributed by atoms with Gasteiger partial charge in [0.25, 0.3) is 0 Å². The van der Waals surface area contributed by atoms with E-state index in [1.165, 1.54) is 0 Å². The summed E-state index contributed by atoms with van der Waals surface area (Å²) in [6, 6.07) is 5.20. The molecule has 2 aliphatic carbocycles. The molecule has 1 amide bonds. The number of ether oxygens (including phenoxy) is 2. The molecule has 4 rings (SSSR count). The number of carbonyl (C=O) groups is 2. The third kappa shape index (κ3) is 2.01. The van der Waals surface area contributed by atoms with Crippen molar-refractivity contribution in [1.82, 2.24) is 0 Å². The number of carboxylic acids is 1. The fraction of sp³-hybridized carbons (Fsp3) is 0.500. The number of hydrogen-bond donors (Lipinski definition) is 2. The molecule has 6 heteroatoms. The third-order valence-electron chi connectivity index (χ3n) is 5.14. The zero-order valence-corrected chi connectivity index (χ0v) is 12.0. The van der Waals surface area contributed by atoms with Crippen molar-refractivity contribution in [1.29, 1.82) is 0 Å². The maximum Gasteiger partial charge on any atom is 0.307 e. The number of carboxylic acid groups (broad SMARTS) is 1. The van der Waals surface area contributed by atoms with Crippen LogP contribution in [0.2, 0.25) is 0 Å². The van der Waals surface area contributed by atoms with E-state index >= 15 is 0 Å². The summed E-state index contributed by atoms with van der Waals surface area (Å²) in [5.74, 6) is -0.428. The lowest BCUT2D eigenvalue weighted by Crippen LogP contribution is -2.37. The maximum absolute atomic E-state index is 12.6. The molecule has 0 unspecified atom stereocenters. The molecular formula is C16H17NO5. The van der Waals surface area contributed by atoms with Gasteiger partial charge in [0, 0.05) is 11.8 Å². The van der Waals surface area contributed by atoms with Crippen molar-refractivity contribution < 1.29 is 24.2 Å². The highest BCUT2D eigenvalue weighted by molar-refractivity contribution is 5.96. The summed E-state index contributed by atoms with van der Waals surface area (Å²) >= 11 is 0. The van der Waals surface area contributed by atoms with Gasteiger partial charge >= 0.3 is 5.97 Å². The van der Waals surface area contributed by atoms with Gasteiger partial charge in [-0.25, -0.2) is 0 Å². The second kappa shape index (κ2) is 4.90. The standard InChI is InChI=1S/C16H17NO5/c18-15(13-8-1-2-9(5-8)14(13)16(19)20)17-10-3-4-11-12(6-10)22-7-21-11/h3-4,6,8-9,13-14H,1-2,5,7H2,(H,17,18)(H,19,20)/t8-,9+,13-,14-/m0/s1. The van der Waals surface area contributed by atoms with Gasteiger partial charge in [0.1, 0.15) is 0 Å². The normalized spacial score (nSPS) is 31.3. The summed E-state index contributed by atoms with van der Waals surface area (Å²) in [4.78, 5) is 24.1. The summed E-state index contributed by atoms with van der Waals surface area (Å²) in [7, 11) is 0. The van der Waals surface area contributed by atoms with Crippen LogP contribution in [0.25, 0.3) is 0 Å². The number of benzene rings is 1. The molecular weight excluding hydrogens is 286 g/mol. The fourth-order valence-electron chi connectivity index (χ4n) is 4.22. The van der Waals surface area contributed by atoms with Crippen LogP contribution < -0.4 is 14.8 Å². The zero-order valence-electron chi connectivity index (χ0n) is 12.0. The number of rotatable bonds is 3. The molecule has 0 spiro atoms. The van der Waals surface area contributed by atoms with Crippen molar-refractivity contribution in [2.45, 2.75) is 19.3 Å². The first-order valence-electron chi connectivity index (χ1n) is 7.57. The molecule has 0 radical (unpaired) electrons. The van der Waals surface area contributed by atoms with Crippen LogP contribution >= 0.6 is 0 Å². The minimum atomic E-state index is -0.849. The first kappa shape index (κ1) is 13.4. The van der Waals surface area contributed by atoms with Crippen LogP contribution in [0.5, 0.6) is 11.5 Å². The Morgan fingerprint density at radius 2 is 1.82 bits per heavy atom. The Kier molecular flexibility index (Phi) is 2.99. The van der Waals surface area contributed by atoms with Crippen molar-refractivity contribution in [3.63, 3.8) is 0 Å². The first-order valence-corrected chi connectivity index (χ1v) is 7.57. The van der Waals surface area contributed by atoms with Gasteiger partial charge < -0.3 is 19.9 Å². The van der Waals surface area contributed by atoms with Crippen LogP contribution in [-0.4, -0.2) is 23.8 Å². The highest BCUT2D eigenvalue weighted by Crippen LogP contribution is 2.52. The van der Waals surface area contributed by atoms with Crippen LogP contribution in [0.1, 0.15) is 19.3 Å². The maximum atomic E-state index is 12.6. The highest BCUT2D eigenvalue weighted by atomic mass is 16.7. The van der Waals surface area contributed by atoms with Crippen LogP contribution in [0.15, 0.2) is 18.2 Å². The number of aliphatic carboxylic acids is 1. The Hall–Kier alpha value is -2.24. The van der Waals surface area contributed by atoms with Gasteiger partial charge in [0.05, 0.1) is 11.8 Å². The molecule has 1 heterocycles. The molecule has 0 saturated heterocycles. The number of fused-ring (bicyclic) bond motifs is 3. The van der Waals surface area contributed by atoms with Gasteiger partial charge in [0.15, 0.2) is 11.5 Å². The number of nitrogens with one attached hydrogen (secondary N) is 1. The van der Waals surface area contributed by atoms with Crippen molar-refractivity contribution in [3.8, 4) is 11.5 Å². The monoisotopic (exact) mass is 303 g/mol. The molecule has 4 atom stereocenters. The largest absolute Gasteiger partial charge is 0.481 e. The topological polar surface area (TPSA) is 84.9 Å². The predicted molar refractivity (Wildman–Crippen MR) is 76.6 cm³/mol. The van der Waals surface area contributed by atoms with E-state index in [0.717, 1.165) is 19.3 Å². The molecule has 2 saturated carbocycles. The van der Waals surface area contributed by atoms with E-state index in [2.05, 4.69) is 5.32 Å². The lowest BCUT2D eigenvalue weighted by Gasteiger charge is -2.27. The third-order valence-corrected chi connectivity index (χ3v) is 5.14. The summed E-state index contributed by atoms with van der Waals surface area (Å²) in [6.07, 6.45) is 2.74. The summed E-state index contributed by atoms with van der Waals surface area (Å²) in [5.41, 5.74) is 0.612. The number of anilines is 1. The quantitative estimate of drug-likeness (QED) is 0.893. The molecule has 22 heavy (non-hydrogen) atoms. The van der Waals surface area contributed by atoms with Gasteiger partial charge in [-0.2, -0.15) is 0 Å². The van der Waals surface area contributed by atoms with Crippen molar-refractivity contribution >= 4 is 17.6 Å². The van der Waals surface area contributed by atoms with Crippen LogP contribution in [-0.2, 0) is 9.59 Å². The lowest BCUT2D eigenvalue weighted by atomic mass is 9.78. The van der Waals surface area contributed by atoms with Gasteiger partial charge in [-0.1, -0.05) is 0 Å². The van der Waals surface area contributed by atoms with E-state index in [-0.39, 0.29) is 24.5 Å². The number of amides is 1. The van der Waals surface area contributed by atoms with Gasteiger partial charge in [-0.3, -0.25) is 9.59 Å². The Bertz CT molecular complexity index is 643. The second-order valence-corrected chi connectivity index (χ2v) is 6.28. The van der Waals surface area contributed by atoms with E-state index < -0.39 is 17.8 Å². The van der Waals surface area contributed by atoms with Crippen LogP contribution in [0.3, 0.4) is 0 Å². The first-order chi connectivity index (χ1) is 10.6. The molecule has 1 aliphatic heterocycles. The molecule has 116 valence electrons.